The molecule has 0 radical (unpaired) electrons. The van der Waals surface area contributed by atoms with Gasteiger partial charge in [0.2, 0.25) is 10.2 Å². The third-order valence-electron chi connectivity index (χ3n) is 0.929. The molecule has 2 nitrogen and oxygen atoms in total. The molecule has 0 aliphatic carbocycles. The molecule has 0 spiro atoms. The fraction of sp³-hybridized carbons (Fsp3) is 0.500. The van der Waals surface area contributed by atoms with Crippen LogP contribution < -0.4 is 0 Å². The zero-order valence-electron chi connectivity index (χ0n) is 7.20. The molecule has 0 fully saturated rings. The van der Waals surface area contributed by atoms with E-state index in [0.29, 0.717) is 0 Å². The van der Waals surface area contributed by atoms with E-state index >= 15 is 0 Å². The second-order valence-electron chi connectivity index (χ2n) is 1.84. The first-order valence-electron chi connectivity index (χ1n) is 3.72. The summed E-state index contributed by atoms with van der Waals surface area (Å²) >= 11 is 2.41. The van der Waals surface area contributed by atoms with Gasteiger partial charge >= 0.3 is 0 Å². The molecular weight excluding hydrogens is 192 g/mol. The molecule has 12 heavy (non-hydrogen) atoms. The van der Waals surface area contributed by atoms with Gasteiger partial charge in [-0.05, 0) is 23.7 Å². The van der Waals surface area contributed by atoms with Crippen LogP contribution in [0.15, 0.2) is 12.2 Å². The van der Waals surface area contributed by atoms with Crippen LogP contribution in [-0.4, -0.2) is 21.7 Å². The lowest BCUT2D eigenvalue weighted by Crippen LogP contribution is -1.89. The largest absolute Gasteiger partial charge is 0.282 e. The minimum atomic E-state index is -0.0532. The molecular formula is C8H12O2S2. The van der Waals surface area contributed by atoms with Crippen molar-refractivity contribution in [3.05, 3.63) is 12.2 Å². The van der Waals surface area contributed by atoms with Gasteiger partial charge in [0, 0.05) is 0 Å². The van der Waals surface area contributed by atoms with Crippen molar-refractivity contribution < 1.29 is 9.59 Å². The van der Waals surface area contributed by atoms with E-state index in [4.69, 9.17) is 0 Å². The highest BCUT2D eigenvalue weighted by Gasteiger charge is 1.97. The van der Waals surface area contributed by atoms with E-state index < -0.39 is 0 Å². The summed E-state index contributed by atoms with van der Waals surface area (Å²) in [5.41, 5.74) is 0. The van der Waals surface area contributed by atoms with E-state index in [-0.39, 0.29) is 10.2 Å². The summed E-state index contributed by atoms with van der Waals surface area (Å²) in [6.07, 6.45) is 2.66. The predicted octanol–water partition coefficient (Wildman–Crippen LogP) is 2.10. The van der Waals surface area contributed by atoms with Gasteiger partial charge in [0.25, 0.3) is 0 Å². The summed E-state index contributed by atoms with van der Waals surface area (Å²) in [6, 6.07) is 0. The average Bonchev–Trinajstić information content (AvgIpc) is 2.02. The van der Waals surface area contributed by atoms with Crippen LogP contribution in [-0.2, 0) is 9.59 Å². The molecule has 0 aromatic heterocycles. The van der Waals surface area contributed by atoms with Crippen molar-refractivity contribution in [1.82, 2.24) is 0 Å². The van der Waals surface area contributed by atoms with Gasteiger partial charge in [-0.1, -0.05) is 37.4 Å². The number of hydrogen-bond acceptors (Lipinski definition) is 4. The lowest BCUT2D eigenvalue weighted by atomic mass is 10.5. The first-order chi connectivity index (χ1) is 5.70. The second kappa shape index (κ2) is 7.43. The standard InChI is InChI=1S/C8H12O2S2/c1-3-11-7(9)5-6-8(10)12-4-2/h5-6H,3-4H2,1-2H3/b6-5+. The molecule has 0 bridgehead atoms. The number of thioether (sulfide) groups is 2. The molecule has 0 rings (SSSR count). The van der Waals surface area contributed by atoms with Crippen molar-refractivity contribution in [3.63, 3.8) is 0 Å². The van der Waals surface area contributed by atoms with Gasteiger partial charge in [0.05, 0.1) is 0 Å². The topological polar surface area (TPSA) is 34.1 Å². The van der Waals surface area contributed by atoms with Gasteiger partial charge in [-0.3, -0.25) is 9.59 Å². The molecule has 0 N–H and O–H groups in total. The summed E-state index contributed by atoms with van der Waals surface area (Å²) in [4.78, 5) is 21.7. The van der Waals surface area contributed by atoms with Crippen molar-refractivity contribution in [2.75, 3.05) is 11.5 Å². The Morgan fingerprint density at radius 3 is 1.58 bits per heavy atom. The fourth-order valence-electron chi connectivity index (χ4n) is 0.517. The highest BCUT2D eigenvalue weighted by molar-refractivity contribution is 8.14. The van der Waals surface area contributed by atoms with Crippen LogP contribution in [0.1, 0.15) is 13.8 Å². The van der Waals surface area contributed by atoms with Crippen LogP contribution in [0.3, 0.4) is 0 Å². The van der Waals surface area contributed by atoms with Crippen molar-refractivity contribution in [3.8, 4) is 0 Å². The Hall–Kier alpha value is -0.220. The Kier molecular flexibility index (Phi) is 7.29. The average molecular weight is 204 g/mol. The Balaban J connectivity index is 3.73. The van der Waals surface area contributed by atoms with Crippen LogP contribution >= 0.6 is 23.5 Å². The predicted molar refractivity (Wildman–Crippen MR) is 55.4 cm³/mol. The van der Waals surface area contributed by atoms with Crippen LogP contribution in [0.2, 0.25) is 0 Å². The SMILES string of the molecule is CCSC(=O)/C=C/C(=O)SCC. The normalized spacial score (nSPS) is 10.5. The number of carbonyl (C=O) groups excluding carboxylic acids is 2. The quantitative estimate of drug-likeness (QED) is 0.657. The number of rotatable bonds is 4. The van der Waals surface area contributed by atoms with Gasteiger partial charge in [-0.15, -0.1) is 0 Å². The molecule has 0 unspecified atom stereocenters. The molecule has 0 aromatic rings. The molecule has 0 saturated heterocycles. The highest BCUT2D eigenvalue weighted by atomic mass is 32.2. The second-order valence-corrected chi connectivity index (χ2v) is 4.37. The molecule has 68 valence electrons. The van der Waals surface area contributed by atoms with Gasteiger partial charge in [0.1, 0.15) is 0 Å². The summed E-state index contributed by atoms with van der Waals surface area (Å²) < 4.78 is 0. The zero-order chi connectivity index (χ0) is 9.40. The van der Waals surface area contributed by atoms with Crippen LogP contribution in [0.4, 0.5) is 0 Å². The Morgan fingerprint density at radius 2 is 1.33 bits per heavy atom. The van der Waals surface area contributed by atoms with Crippen molar-refractivity contribution in [2.45, 2.75) is 13.8 Å². The maximum atomic E-state index is 10.9. The van der Waals surface area contributed by atoms with E-state index in [0.717, 1.165) is 11.5 Å². The summed E-state index contributed by atoms with van der Waals surface area (Å²) in [6.45, 7) is 3.80. The third kappa shape index (κ3) is 6.49. The van der Waals surface area contributed by atoms with E-state index in [9.17, 15) is 9.59 Å². The van der Waals surface area contributed by atoms with Crippen molar-refractivity contribution >= 4 is 33.8 Å². The van der Waals surface area contributed by atoms with Gasteiger partial charge < -0.3 is 0 Å². The molecule has 0 heterocycles. The molecule has 0 amide bonds. The Bertz CT molecular complexity index is 167. The minimum Gasteiger partial charge on any atom is -0.282 e. The van der Waals surface area contributed by atoms with Crippen molar-refractivity contribution in [2.24, 2.45) is 0 Å². The summed E-state index contributed by atoms with van der Waals surface area (Å²) in [5.74, 6) is 1.50. The Labute approximate surface area is 81.2 Å². The molecule has 0 atom stereocenters. The number of carbonyl (C=O) groups is 2. The maximum absolute atomic E-state index is 10.9. The first-order valence-corrected chi connectivity index (χ1v) is 5.69. The fourth-order valence-corrected chi connectivity index (χ4v) is 1.41. The number of hydrogen-bond donors (Lipinski definition) is 0. The van der Waals surface area contributed by atoms with Gasteiger partial charge in [-0.2, -0.15) is 0 Å². The summed E-state index contributed by atoms with van der Waals surface area (Å²) in [5, 5.41) is -0.106. The molecule has 0 aliphatic rings. The smallest absolute Gasteiger partial charge is 0.212 e. The maximum Gasteiger partial charge on any atom is 0.212 e. The first kappa shape index (κ1) is 11.8. The Morgan fingerprint density at radius 1 is 1.00 bits per heavy atom. The van der Waals surface area contributed by atoms with Crippen LogP contribution in [0, 0.1) is 0 Å². The molecule has 0 aliphatic heterocycles. The van der Waals surface area contributed by atoms with E-state index in [2.05, 4.69) is 0 Å². The van der Waals surface area contributed by atoms with Crippen LogP contribution in [0.5, 0.6) is 0 Å². The van der Waals surface area contributed by atoms with E-state index in [1.807, 2.05) is 13.8 Å². The monoisotopic (exact) mass is 204 g/mol. The molecule has 0 aromatic carbocycles. The van der Waals surface area contributed by atoms with E-state index in [1.54, 1.807) is 0 Å². The molecule has 4 heteroatoms. The minimum absolute atomic E-state index is 0.0532. The lowest BCUT2D eigenvalue weighted by Gasteiger charge is -1.89. The summed E-state index contributed by atoms with van der Waals surface area (Å²) in [7, 11) is 0. The third-order valence-corrected chi connectivity index (χ3v) is 2.35. The van der Waals surface area contributed by atoms with Crippen molar-refractivity contribution in [1.29, 1.82) is 0 Å². The molecule has 0 saturated carbocycles. The van der Waals surface area contributed by atoms with Gasteiger partial charge in [-0.25, -0.2) is 0 Å². The zero-order valence-corrected chi connectivity index (χ0v) is 8.83. The van der Waals surface area contributed by atoms with Crippen LogP contribution in [0.25, 0.3) is 0 Å². The van der Waals surface area contributed by atoms with Gasteiger partial charge in [0.15, 0.2) is 0 Å². The lowest BCUT2D eigenvalue weighted by molar-refractivity contribution is -0.109. The highest BCUT2D eigenvalue weighted by Crippen LogP contribution is 2.05. The van der Waals surface area contributed by atoms with E-state index in [1.165, 1.54) is 35.7 Å².